The number of carbonyl (C=O) groups is 1. The third-order valence-corrected chi connectivity index (χ3v) is 9.01. The highest BCUT2D eigenvalue weighted by Gasteiger charge is 2.31. The molecule has 3 fully saturated rings. The van der Waals surface area contributed by atoms with Crippen molar-refractivity contribution in [3.8, 4) is 5.75 Å². The van der Waals surface area contributed by atoms with Crippen LogP contribution in [0.1, 0.15) is 62.5 Å². The minimum Gasteiger partial charge on any atom is -0.493 e. The Labute approximate surface area is 233 Å². The van der Waals surface area contributed by atoms with Crippen molar-refractivity contribution >= 4 is 11.9 Å². The molecule has 3 aliphatic rings. The minimum atomic E-state index is 0.168. The Morgan fingerprint density at radius 1 is 0.923 bits per heavy atom. The number of aromatic nitrogens is 2. The van der Waals surface area contributed by atoms with Gasteiger partial charge in [0.15, 0.2) is 0 Å². The molecule has 39 heavy (non-hydrogen) atoms. The van der Waals surface area contributed by atoms with Gasteiger partial charge < -0.3 is 19.6 Å². The highest BCUT2D eigenvalue weighted by Crippen LogP contribution is 2.37. The number of benzene rings is 1. The predicted molar refractivity (Wildman–Crippen MR) is 153 cm³/mol. The fourth-order valence-electron chi connectivity index (χ4n) is 6.31. The maximum absolute atomic E-state index is 13.1. The van der Waals surface area contributed by atoms with Gasteiger partial charge in [-0.2, -0.15) is 0 Å². The number of β-amino-alcohol motifs (C(OH)–C–C–N with tert-alkyl or cyclic N) is 1. The molecule has 2 aliphatic heterocycles. The van der Waals surface area contributed by atoms with Crippen LogP contribution in [0.5, 0.6) is 5.75 Å². The molecule has 1 N–H and O–H groups in total. The summed E-state index contributed by atoms with van der Waals surface area (Å²) in [7, 11) is 0. The molecular weight excluding hydrogens is 490 g/mol. The monoisotopic (exact) mass is 535 g/mol. The van der Waals surface area contributed by atoms with Crippen LogP contribution >= 0.6 is 0 Å². The van der Waals surface area contributed by atoms with Crippen LogP contribution in [0.3, 0.4) is 0 Å². The second kappa shape index (κ2) is 13.6. The van der Waals surface area contributed by atoms with E-state index < -0.39 is 0 Å². The van der Waals surface area contributed by atoms with E-state index in [1.54, 1.807) is 0 Å². The molecule has 5 rings (SSSR count). The summed E-state index contributed by atoms with van der Waals surface area (Å²) in [6.07, 6.45) is 11.1. The van der Waals surface area contributed by atoms with Crippen LogP contribution in [-0.4, -0.2) is 89.8 Å². The molecule has 8 nitrogen and oxygen atoms in total. The van der Waals surface area contributed by atoms with Crippen LogP contribution in [0.25, 0.3) is 0 Å². The number of nitrogens with zero attached hydrogens (tertiary/aromatic N) is 5. The normalized spacial score (nSPS) is 23.1. The van der Waals surface area contributed by atoms with Crippen molar-refractivity contribution in [1.29, 1.82) is 0 Å². The number of rotatable bonds is 9. The summed E-state index contributed by atoms with van der Waals surface area (Å²) in [5.41, 5.74) is 2.55. The fraction of sp³-hybridized carbons (Fsp3) is 0.645. The van der Waals surface area contributed by atoms with Crippen molar-refractivity contribution < 1.29 is 14.6 Å². The van der Waals surface area contributed by atoms with E-state index >= 15 is 0 Å². The summed E-state index contributed by atoms with van der Waals surface area (Å²) in [6, 6.07) is 8.69. The largest absolute Gasteiger partial charge is 0.493 e. The molecule has 0 atom stereocenters. The molecule has 1 saturated carbocycles. The SMILES string of the molecule is CCc1cnc(N2CCC(COc3ccc(C4CCC(C(=O)N5CCN(CCO)CC5)CC4)cc3)CC2)nc1. The highest BCUT2D eigenvalue weighted by molar-refractivity contribution is 5.79. The van der Waals surface area contributed by atoms with Gasteiger partial charge in [-0.25, -0.2) is 9.97 Å². The maximum Gasteiger partial charge on any atom is 0.225 e. The third kappa shape index (κ3) is 7.28. The van der Waals surface area contributed by atoms with Gasteiger partial charge in [-0.1, -0.05) is 19.1 Å². The Morgan fingerprint density at radius 2 is 1.59 bits per heavy atom. The molecule has 1 amide bonds. The average molecular weight is 536 g/mol. The minimum absolute atomic E-state index is 0.168. The summed E-state index contributed by atoms with van der Waals surface area (Å²) < 4.78 is 6.18. The number of hydrogen-bond acceptors (Lipinski definition) is 7. The highest BCUT2D eigenvalue weighted by atomic mass is 16.5. The van der Waals surface area contributed by atoms with Crippen LogP contribution in [0.2, 0.25) is 0 Å². The van der Waals surface area contributed by atoms with E-state index in [2.05, 4.69) is 51.0 Å². The zero-order chi connectivity index (χ0) is 27.0. The van der Waals surface area contributed by atoms with Crippen molar-refractivity contribution in [2.45, 2.75) is 57.8 Å². The van der Waals surface area contributed by atoms with Gasteiger partial charge in [-0.3, -0.25) is 9.69 Å². The lowest BCUT2D eigenvalue weighted by molar-refractivity contribution is -0.138. The molecule has 1 aromatic carbocycles. The second-order valence-electron chi connectivity index (χ2n) is 11.5. The Balaban J connectivity index is 1.01. The van der Waals surface area contributed by atoms with E-state index in [-0.39, 0.29) is 12.5 Å². The molecule has 2 aromatic rings. The topological polar surface area (TPSA) is 82.0 Å². The van der Waals surface area contributed by atoms with Gasteiger partial charge in [0.2, 0.25) is 11.9 Å². The van der Waals surface area contributed by atoms with Crippen LogP contribution < -0.4 is 9.64 Å². The summed E-state index contributed by atoms with van der Waals surface area (Å²) in [5.74, 6) is 3.39. The summed E-state index contributed by atoms with van der Waals surface area (Å²) >= 11 is 0. The van der Waals surface area contributed by atoms with E-state index in [1.807, 2.05) is 17.3 Å². The molecule has 0 spiro atoms. The quantitative estimate of drug-likeness (QED) is 0.524. The summed E-state index contributed by atoms with van der Waals surface area (Å²) in [4.78, 5) is 28.7. The number of aryl methyl sites for hydroxylation is 1. The van der Waals surface area contributed by atoms with Gasteiger partial charge in [0, 0.05) is 64.1 Å². The molecule has 8 heteroatoms. The average Bonchev–Trinajstić information content (AvgIpc) is 3.01. The number of amides is 1. The Kier molecular flexibility index (Phi) is 9.69. The number of anilines is 1. The van der Waals surface area contributed by atoms with Crippen molar-refractivity contribution in [3.63, 3.8) is 0 Å². The van der Waals surface area contributed by atoms with Crippen LogP contribution in [0.15, 0.2) is 36.7 Å². The third-order valence-electron chi connectivity index (χ3n) is 9.01. The van der Waals surface area contributed by atoms with E-state index in [9.17, 15) is 4.79 Å². The van der Waals surface area contributed by atoms with E-state index in [0.29, 0.717) is 24.3 Å². The Bertz CT molecular complexity index is 1020. The predicted octanol–water partition coefficient (Wildman–Crippen LogP) is 3.74. The molecule has 1 aliphatic carbocycles. The molecule has 1 aromatic heterocycles. The van der Waals surface area contributed by atoms with Gasteiger partial charge in [0.05, 0.1) is 13.2 Å². The van der Waals surface area contributed by atoms with E-state index in [4.69, 9.17) is 9.84 Å². The maximum atomic E-state index is 13.1. The first kappa shape index (κ1) is 27.8. The molecule has 0 bridgehead atoms. The van der Waals surface area contributed by atoms with Gasteiger partial charge in [0.1, 0.15) is 5.75 Å². The zero-order valence-corrected chi connectivity index (χ0v) is 23.5. The van der Waals surface area contributed by atoms with Crippen molar-refractivity contribution in [3.05, 3.63) is 47.8 Å². The zero-order valence-electron chi connectivity index (χ0n) is 23.5. The standard InChI is InChI=1S/C31H45N5O3/c1-2-24-21-32-31(33-22-24)36-13-11-25(12-14-36)23-39-29-9-7-27(8-10-29)26-3-5-28(6-4-26)30(38)35-17-15-34(16-18-35)19-20-37/h7-10,21-22,25-26,28,37H,2-6,11-20,23H2,1H3. The Hall–Kier alpha value is -2.71. The molecule has 2 saturated heterocycles. The lowest BCUT2D eigenvalue weighted by atomic mass is 9.78. The summed E-state index contributed by atoms with van der Waals surface area (Å²) in [5, 5.41) is 9.13. The van der Waals surface area contributed by atoms with E-state index in [0.717, 1.165) is 103 Å². The van der Waals surface area contributed by atoms with Crippen molar-refractivity contribution in [1.82, 2.24) is 19.8 Å². The van der Waals surface area contributed by atoms with Gasteiger partial charge >= 0.3 is 0 Å². The molecule has 212 valence electrons. The van der Waals surface area contributed by atoms with Gasteiger partial charge in [-0.05, 0) is 80.0 Å². The smallest absolute Gasteiger partial charge is 0.225 e. The first-order chi connectivity index (χ1) is 19.1. The lowest BCUT2D eigenvalue weighted by Gasteiger charge is -2.37. The molecule has 0 radical (unpaired) electrons. The van der Waals surface area contributed by atoms with E-state index in [1.165, 1.54) is 11.1 Å². The number of piperidine rings is 1. The van der Waals surface area contributed by atoms with Crippen LogP contribution in [-0.2, 0) is 11.2 Å². The van der Waals surface area contributed by atoms with Crippen LogP contribution in [0.4, 0.5) is 5.95 Å². The lowest BCUT2D eigenvalue weighted by Crippen LogP contribution is -2.51. The number of carbonyl (C=O) groups excluding carboxylic acids is 1. The number of piperazine rings is 1. The Morgan fingerprint density at radius 3 is 2.21 bits per heavy atom. The first-order valence-electron chi connectivity index (χ1n) is 15.0. The first-order valence-corrected chi connectivity index (χ1v) is 15.0. The molecule has 3 heterocycles. The van der Waals surface area contributed by atoms with Gasteiger partial charge in [0.25, 0.3) is 0 Å². The van der Waals surface area contributed by atoms with Crippen molar-refractivity contribution in [2.75, 3.05) is 63.9 Å². The molecular formula is C31H45N5O3. The fourth-order valence-corrected chi connectivity index (χ4v) is 6.31. The van der Waals surface area contributed by atoms with Crippen molar-refractivity contribution in [2.24, 2.45) is 11.8 Å². The molecule has 0 unspecified atom stereocenters. The van der Waals surface area contributed by atoms with Crippen LogP contribution in [0, 0.1) is 11.8 Å². The number of ether oxygens (including phenoxy) is 1. The summed E-state index contributed by atoms with van der Waals surface area (Å²) in [6.45, 7) is 9.06. The number of aliphatic hydroxyl groups excluding tert-OH is 1. The van der Waals surface area contributed by atoms with Gasteiger partial charge in [-0.15, -0.1) is 0 Å². The number of hydrogen-bond donors (Lipinski definition) is 1. The second-order valence-corrected chi connectivity index (χ2v) is 11.5. The number of aliphatic hydroxyl groups is 1.